The van der Waals surface area contributed by atoms with E-state index in [2.05, 4.69) is 6.07 Å². The molecule has 1 atom stereocenters. The molecule has 0 heterocycles. The number of hydrogen-bond donors (Lipinski definition) is 0. The molecule has 1 aromatic carbocycles. The van der Waals surface area contributed by atoms with Crippen LogP contribution in [0.3, 0.4) is 0 Å². The molecule has 0 aliphatic rings. The van der Waals surface area contributed by atoms with Gasteiger partial charge in [-0.05, 0) is 6.07 Å². The normalized spacial score (nSPS) is 12.0. The number of halogens is 1. The molecule has 17 heavy (non-hydrogen) atoms. The Morgan fingerprint density at radius 3 is 2.47 bits per heavy atom. The average molecular weight is 251 g/mol. The predicted octanol–water partition coefficient (Wildman–Crippen LogP) is 3.02. The second-order valence-corrected chi connectivity index (χ2v) is 4.56. The number of hydrogen-bond acceptors (Lipinski definition) is 2. The Labute approximate surface area is 107 Å². The minimum absolute atomic E-state index is 0.0727. The average Bonchev–Trinajstić information content (AvgIpc) is 2.31. The van der Waals surface area contributed by atoms with Crippen molar-refractivity contribution in [3.63, 3.8) is 0 Å². The van der Waals surface area contributed by atoms with Crippen LogP contribution in [-0.4, -0.2) is 17.9 Å². The van der Waals surface area contributed by atoms with Gasteiger partial charge >= 0.3 is 0 Å². The van der Waals surface area contributed by atoms with E-state index in [1.54, 1.807) is 45.2 Å². The van der Waals surface area contributed by atoms with Gasteiger partial charge in [0.05, 0.1) is 6.07 Å². The molecule has 0 N–H and O–H groups in total. The Balaban J connectivity index is 3.06. The van der Waals surface area contributed by atoms with Crippen LogP contribution in [0.25, 0.3) is 0 Å². The zero-order chi connectivity index (χ0) is 13.0. The first-order valence-electron chi connectivity index (χ1n) is 5.39. The van der Waals surface area contributed by atoms with E-state index in [0.29, 0.717) is 10.6 Å². The van der Waals surface area contributed by atoms with E-state index in [-0.39, 0.29) is 11.8 Å². The lowest BCUT2D eigenvalue weighted by atomic mass is 10.1. The summed E-state index contributed by atoms with van der Waals surface area (Å²) in [5.41, 5.74) is 0.660. The summed E-state index contributed by atoms with van der Waals surface area (Å²) in [6.45, 7) is 3.61. The van der Waals surface area contributed by atoms with Gasteiger partial charge in [0.25, 0.3) is 0 Å². The summed E-state index contributed by atoms with van der Waals surface area (Å²) in [6.07, 6.45) is 0. The molecule has 1 unspecified atom stereocenters. The molecule has 90 valence electrons. The molecule has 0 aromatic heterocycles. The smallest absolute Gasteiger partial charge is 0.226 e. The molecular weight excluding hydrogens is 236 g/mol. The summed E-state index contributed by atoms with van der Waals surface area (Å²) in [7, 11) is 1.62. The van der Waals surface area contributed by atoms with Gasteiger partial charge in [-0.15, -0.1) is 0 Å². The van der Waals surface area contributed by atoms with Crippen LogP contribution in [0, 0.1) is 17.2 Å². The summed E-state index contributed by atoms with van der Waals surface area (Å²) in [6, 6.07) is 8.56. The Morgan fingerprint density at radius 1 is 1.41 bits per heavy atom. The van der Waals surface area contributed by atoms with Gasteiger partial charge in [-0.1, -0.05) is 43.6 Å². The molecule has 0 bridgehead atoms. The SMILES string of the molecule is CC(C)C(=O)N(C)C(C#N)c1ccccc1Cl. The van der Waals surface area contributed by atoms with Gasteiger partial charge < -0.3 is 4.90 Å². The highest BCUT2D eigenvalue weighted by atomic mass is 35.5. The standard InChI is InChI=1S/C13H15ClN2O/c1-9(2)13(17)16(3)12(8-15)10-6-4-5-7-11(10)14/h4-7,9,12H,1-3H3. The molecule has 0 saturated heterocycles. The van der Waals surface area contributed by atoms with Crippen molar-refractivity contribution in [3.8, 4) is 6.07 Å². The fraction of sp³-hybridized carbons (Fsp3) is 0.385. The van der Waals surface area contributed by atoms with Gasteiger partial charge in [0.1, 0.15) is 6.04 Å². The number of benzene rings is 1. The fourth-order valence-corrected chi connectivity index (χ4v) is 1.84. The number of nitrogens with zero attached hydrogens (tertiary/aromatic N) is 2. The van der Waals surface area contributed by atoms with Gasteiger partial charge in [-0.25, -0.2) is 0 Å². The molecule has 0 radical (unpaired) electrons. The fourth-order valence-electron chi connectivity index (χ4n) is 1.60. The van der Waals surface area contributed by atoms with Crippen LogP contribution in [0.15, 0.2) is 24.3 Å². The Bertz CT molecular complexity index is 451. The molecule has 4 heteroatoms. The quantitative estimate of drug-likeness (QED) is 0.828. The molecule has 1 rings (SSSR count). The summed E-state index contributed by atoms with van der Waals surface area (Å²) >= 11 is 6.04. The lowest BCUT2D eigenvalue weighted by molar-refractivity contribution is -0.134. The predicted molar refractivity (Wildman–Crippen MR) is 67.4 cm³/mol. The van der Waals surface area contributed by atoms with Gasteiger partial charge in [-0.2, -0.15) is 5.26 Å². The van der Waals surface area contributed by atoms with Crippen LogP contribution in [0.4, 0.5) is 0 Å². The van der Waals surface area contributed by atoms with Crippen LogP contribution in [0.1, 0.15) is 25.5 Å². The molecule has 0 aliphatic carbocycles. The zero-order valence-corrected chi connectivity index (χ0v) is 10.9. The summed E-state index contributed by atoms with van der Waals surface area (Å²) in [5.74, 6) is -0.213. The molecule has 1 amide bonds. The van der Waals surface area contributed by atoms with Crippen molar-refractivity contribution in [3.05, 3.63) is 34.9 Å². The van der Waals surface area contributed by atoms with Crippen LogP contribution in [0.5, 0.6) is 0 Å². The number of rotatable bonds is 3. The van der Waals surface area contributed by atoms with Crippen LogP contribution < -0.4 is 0 Å². The minimum atomic E-state index is -0.640. The first-order chi connectivity index (χ1) is 7.99. The summed E-state index contributed by atoms with van der Waals surface area (Å²) in [5, 5.41) is 9.70. The Hall–Kier alpha value is -1.53. The van der Waals surface area contributed by atoms with Gasteiger partial charge in [0.15, 0.2) is 0 Å². The highest BCUT2D eigenvalue weighted by Gasteiger charge is 2.24. The zero-order valence-electron chi connectivity index (χ0n) is 10.1. The van der Waals surface area contributed by atoms with Crippen molar-refractivity contribution in [2.24, 2.45) is 5.92 Å². The van der Waals surface area contributed by atoms with Crippen molar-refractivity contribution in [2.45, 2.75) is 19.9 Å². The number of amides is 1. The summed E-state index contributed by atoms with van der Waals surface area (Å²) < 4.78 is 0. The van der Waals surface area contributed by atoms with Gasteiger partial charge in [0.2, 0.25) is 5.91 Å². The third-order valence-electron chi connectivity index (χ3n) is 2.55. The Kier molecular flexibility index (Phi) is 4.53. The van der Waals surface area contributed by atoms with E-state index in [1.165, 1.54) is 4.90 Å². The summed E-state index contributed by atoms with van der Waals surface area (Å²) in [4.78, 5) is 13.3. The van der Waals surface area contributed by atoms with E-state index in [4.69, 9.17) is 11.6 Å². The largest absolute Gasteiger partial charge is 0.325 e. The highest BCUT2D eigenvalue weighted by Crippen LogP contribution is 2.26. The number of carbonyl (C=O) groups excluding carboxylic acids is 1. The highest BCUT2D eigenvalue weighted by molar-refractivity contribution is 6.31. The number of nitriles is 1. The maximum Gasteiger partial charge on any atom is 0.226 e. The van der Waals surface area contributed by atoms with Crippen molar-refractivity contribution >= 4 is 17.5 Å². The van der Waals surface area contributed by atoms with Crippen molar-refractivity contribution in [2.75, 3.05) is 7.05 Å². The van der Waals surface area contributed by atoms with Crippen LogP contribution in [0.2, 0.25) is 5.02 Å². The van der Waals surface area contributed by atoms with Crippen LogP contribution >= 0.6 is 11.6 Å². The van der Waals surface area contributed by atoms with Gasteiger partial charge in [-0.3, -0.25) is 4.79 Å². The first kappa shape index (κ1) is 13.5. The molecule has 0 spiro atoms. The van der Waals surface area contributed by atoms with Gasteiger partial charge in [0, 0.05) is 23.6 Å². The van der Waals surface area contributed by atoms with E-state index >= 15 is 0 Å². The van der Waals surface area contributed by atoms with Crippen molar-refractivity contribution in [1.82, 2.24) is 4.90 Å². The molecule has 0 fully saturated rings. The van der Waals surface area contributed by atoms with E-state index in [9.17, 15) is 10.1 Å². The maximum absolute atomic E-state index is 11.9. The molecule has 0 aliphatic heterocycles. The molecule has 3 nitrogen and oxygen atoms in total. The topological polar surface area (TPSA) is 44.1 Å². The third kappa shape index (κ3) is 2.98. The minimum Gasteiger partial charge on any atom is -0.325 e. The number of carbonyl (C=O) groups is 1. The second kappa shape index (κ2) is 5.70. The third-order valence-corrected chi connectivity index (χ3v) is 2.90. The van der Waals surface area contributed by atoms with E-state index in [1.807, 2.05) is 0 Å². The Morgan fingerprint density at radius 2 is 2.00 bits per heavy atom. The van der Waals surface area contributed by atoms with Crippen molar-refractivity contribution in [1.29, 1.82) is 5.26 Å². The maximum atomic E-state index is 11.9. The molecular formula is C13H15ClN2O. The van der Waals surface area contributed by atoms with Crippen LogP contribution in [-0.2, 0) is 4.79 Å². The van der Waals surface area contributed by atoms with Crippen molar-refractivity contribution < 1.29 is 4.79 Å². The van der Waals surface area contributed by atoms with E-state index < -0.39 is 6.04 Å². The first-order valence-corrected chi connectivity index (χ1v) is 5.77. The molecule has 1 aromatic rings. The lowest BCUT2D eigenvalue weighted by Gasteiger charge is -2.25. The molecule has 0 saturated carbocycles. The van der Waals surface area contributed by atoms with E-state index in [0.717, 1.165) is 0 Å². The monoisotopic (exact) mass is 250 g/mol. The second-order valence-electron chi connectivity index (χ2n) is 4.16. The lowest BCUT2D eigenvalue weighted by Crippen LogP contribution is -2.33.